The zero-order valence-corrected chi connectivity index (χ0v) is 12.6. The molecule has 5 nitrogen and oxygen atoms in total. The molecule has 2 N–H and O–H groups in total. The summed E-state index contributed by atoms with van der Waals surface area (Å²) in [6.07, 6.45) is 1.63. The van der Waals surface area contributed by atoms with E-state index in [1.807, 2.05) is 35.9 Å². The van der Waals surface area contributed by atoms with E-state index in [-0.39, 0.29) is 0 Å². The number of methoxy groups -OCH3 is 1. The highest BCUT2D eigenvalue weighted by Crippen LogP contribution is 2.24. The van der Waals surface area contributed by atoms with Crippen LogP contribution in [0.25, 0.3) is 10.9 Å². The SMILES string of the molecule is COc1ccc2cc(Cn3ncc(Cl)c3C)c(N)nc2c1. The first-order valence-corrected chi connectivity index (χ1v) is 6.87. The maximum atomic E-state index is 6.06. The highest BCUT2D eigenvalue weighted by molar-refractivity contribution is 6.31. The van der Waals surface area contributed by atoms with E-state index in [1.165, 1.54) is 0 Å². The monoisotopic (exact) mass is 302 g/mol. The van der Waals surface area contributed by atoms with Gasteiger partial charge in [-0.2, -0.15) is 5.10 Å². The molecule has 3 aromatic rings. The summed E-state index contributed by atoms with van der Waals surface area (Å²) >= 11 is 6.02. The molecular formula is C15H15ClN4O. The molecule has 0 atom stereocenters. The topological polar surface area (TPSA) is 66.0 Å². The van der Waals surface area contributed by atoms with Gasteiger partial charge in [0.1, 0.15) is 11.6 Å². The van der Waals surface area contributed by atoms with Crippen LogP contribution in [0.1, 0.15) is 11.3 Å². The fourth-order valence-corrected chi connectivity index (χ4v) is 2.34. The molecule has 21 heavy (non-hydrogen) atoms. The van der Waals surface area contributed by atoms with Crippen molar-refractivity contribution in [3.8, 4) is 5.75 Å². The third-order valence-electron chi connectivity index (χ3n) is 3.50. The fourth-order valence-electron chi connectivity index (χ4n) is 2.20. The number of aromatic nitrogens is 3. The number of nitrogens with zero attached hydrogens (tertiary/aromatic N) is 3. The highest BCUT2D eigenvalue weighted by atomic mass is 35.5. The number of fused-ring (bicyclic) bond motifs is 1. The first kappa shape index (κ1) is 13.7. The van der Waals surface area contributed by atoms with Crippen molar-refractivity contribution in [3.63, 3.8) is 0 Å². The average Bonchev–Trinajstić information content (AvgIpc) is 2.79. The minimum Gasteiger partial charge on any atom is -0.497 e. The van der Waals surface area contributed by atoms with Gasteiger partial charge in [-0.25, -0.2) is 4.98 Å². The first-order valence-electron chi connectivity index (χ1n) is 6.49. The molecule has 0 aliphatic heterocycles. The normalized spacial score (nSPS) is 11.0. The Hall–Kier alpha value is -2.27. The van der Waals surface area contributed by atoms with Crippen LogP contribution in [0.2, 0.25) is 5.02 Å². The van der Waals surface area contributed by atoms with E-state index in [1.54, 1.807) is 13.3 Å². The number of hydrogen-bond donors (Lipinski definition) is 1. The Balaban J connectivity index is 2.03. The second-order valence-electron chi connectivity index (χ2n) is 4.83. The van der Waals surface area contributed by atoms with Crippen molar-refractivity contribution in [2.45, 2.75) is 13.5 Å². The fraction of sp³-hybridized carbons (Fsp3) is 0.200. The predicted molar refractivity (Wildman–Crippen MR) is 83.8 cm³/mol. The molecule has 0 radical (unpaired) electrons. The summed E-state index contributed by atoms with van der Waals surface area (Å²) in [6, 6.07) is 7.75. The molecule has 0 spiro atoms. The maximum Gasteiger partial charge on any atom is 0.129 e. The summed E-state index contributed by atoms with van der Waals surface area (Å²) in [7, 11) is 1.63. The molecule has 1 aromatic carbocycles. The highest BCUT2D eigenvalue weighted by Gasteiger charge is 2.09. The van der Waals surface area contributed by atoms with Crippen molar-refractivity contribution >= 4 is 28.3 Å². The molecule has 0 amide bonds. The van der Waals surface area contributed by atoms with E-state index in [9.17, 15) is 0 Å². The van der Waals surface area contributed by atoms with Crippen molar-refractivity contribution in [1.82, 2.24) is 14.8 Å². The van der Waals surface area contributed by atoms with E-state index in [0.717, 1.165) is 27.9 Å². The van der Waals surface area contributed by atoms with E-state index < -0.39 is 0 Å². The lowest BCUT2D eigenvalue weighted by Gasteiger charge is -2.10. The number of ether oxygens (including phenoxy) is 1. The van der Waals surface area contributed by atoms with Crippen LogP contribution in [0.3, 0.4) is 0 Å². The molecular weight excluding hydrogens is 288 g/mol. The van der Waals surface area contributed by atoms with Gasteiger partial charge in [0.2, 0.25) is 0 Å². The Kier molecular flexibility index (Phi) is 3.43. The number of nitrogens with two attached hydrogens (primary N) is 1. The van der Waals surface area contributed by atoms with Crippen LogP contribution in [-0.2, 0) is 6.54 Å². The van der Waals surface area contributed by atoms with Crippen LogP contribution in [-0.4, -0.2) is 21.9 Å². The molecule has 2 aromatic heterocycles. The minimum absolute atomic E-state index is 0.488. The summed E-state index contributed by atoms with van der Waals surface area (Å²) in [5.74, 6) is 1.25. The van der Waals surface area contributed by atoms with Gasteiger partial charge in [0, 0.05) is 17.0 Å². The second kappa shape index (κ2) is 5.26. The molecule has 0 unspecified atom stereocenters. The standard InChI is InChI=1S/C15H15ClN4O/c1-9-13(16)7-18-20(9)8-11-5-10-3-4-12(21-2)6-14(10)19-15(11)17/h3-7H,8H2,1-2H3,(H2,17,19). The number of nitrogen functional groups attached to an aromatic ring is 1. The van der Waals surface area contributed by atoms with Gasteiger partial charge < -0.3 is 10.5 Å². The Morgan fingerprint density at radius 2 is 2.14 bits per heavy atom. The van der Waals surface area contributed by atoms with Crippen LogP contribution in [0.15, 0.2) is 30.5 Å². The van der Waals surface area contributed by atoms with Crippen LogP contribution < -0.4 is 10.5 Å². The Morgan fingerprint density at radius 3 is 2.81 bits per heavy atom. The summed E-state index contributed by atoms with van der Waals surface area (Å²) in [5, 5.41) is 5.90. The quantitative estimate of drug-likeness (QED) is 0.807. The summed E-state index contributed by atoms with van der Waals surface area (Å²) in [5.41, 5.74) is 8.69. The molecule has 6 heteroatoms. The number of pyridine rings is 1. The van der Waals surface area contributed by atoms with Crippen LogP contribution in [0.4, 0.5) is 5.82 Å². The smallest absolute Gasteiger partial charge is 0.129 e. The van der Waals surface area contributed by atoms with E-state index in [0.29, 0.717) is 17.4 Å². The van der Waals surface area contributed by atoms with E-state index in [4.69, 9.17) is 22.1 Å². The Morgan fingerprint density at radius 1 is 1.33 bits per heavy atom. The lowest BCUT2D eigenvalue weighted by atomic mass is 10.1. The van der Waals surface area contributed by atoms with Crippen molar-refractivity contribution in [1.29, 1.82) is 0 Å². The number of hydrogen-bond acceptors (Lipinski definition) is 4. The summed E-state index contributed by atoms with van der Waals surface area (Å²) in [4.78, 5) is 4.44. The lowest BCUT2D eigenvalue weighted by Crippen LogP contribution is -2.07. The van der Waals surface area contributed by atoms with Gasteiger partial charge in [-0.3, -0.25) is 4.68 Å². The third-order valence-corrected chi connectivity index (χ3v) is 3.87. The minimum atomic E-state index is 0.488. The van der Waals surface area contributed by atoms with E-state index in [2.05, 4.69) is 10.1 Å². The molecule has 0 aliphatic carbocycles. The third kappa shape index (κ3) is 2.52. The predicted octanol–water partition coefficient (Wildman–Crippen LogP) is 3.03. The Labute approximate surface area is 127 Å². The molecule has 0 aliphatic rings. The van der Waals surface area contributed by atoms with Crippen molar-refractivity contribution in [3.05, 3.63) is 46.7 Å². The molecule has 3 rings (SSSR count). The summed E-state index contributed by atoms with van der Waals surface area (Å²) in [6.45, 7) is 2.46. The van der Waals surface area contributed by atoms with Gasteiger partial charge >= 0.3 is 0 Å². The summed E-state index contributed by atoms with van der Waals surface area (Å²) < 4.78 is 7.01. The van der Waals surface area contributed by atoms with Gasteiger partial charge in [-0.05, 0) is 25.1 Å². The molecule has 0 bridgehead atoms. The molecule has 108 valence electrons. The first-order chi connectivity index (χ1) is 10.1. The van der Waals surface area contributed by atoms with Crippen molar-refractivity contribution in [2.24, 2.45) is 0 Å². The number of rotatable bonds is 3. The van der Waals surface area contributed by atoms with Crippen LogP contribution in [0, 0.1) is 6.92 Å². The lowest BCUT2D eigenvalue weighted by molar-refractivity contribution is 0.415. The van der Waals surface area contributed by atoms with E-state index >= 15 is 0 Å². The zero-order valence-electron chi connectivity index (χ0n) is 11.8. The second-order valence-corrected chi connectivity index (χ2v) is 5.23. The average molecular weight is 303 g/mol. The number of halogens is 1. The van der Waals surface area contributed by atoms with Crippen molar-refractivity contribution in [2.75, 3.05) is 12.8 Å². The molecule has 0 saturated heterocycles. The number of benzene rings is 1. The Bertz CT molecular complexity index is 813. The van der Waals surface area contributed by atoms with Crippen LogP contribution in [0.5, 0.6) is 5.75 Å². The maximum absolute atomic E-state index is 6.06. The van der Waals surface area contributed by atoms with Gasteiger partial charge in [0.25, 0.3) is 0 Å². The molecule has 0 saturated carbocycles. The van der Waals surface area contributed by atoms with Gasteiger partial charge in [0.15, 0.2) is 0 Å². The molecule has 0 fully saturated rings. The van der Waals surface area contributed by atoms with Crippen molar-refractivity contribution < 1.29 is 4.74 Å². The zero-order chi connectivity index (χ0) is 15.0. The molecule has 2 heterocycles. The van der Waals surface area contributed by atoms with Gasteiger partial charge in [-0.15, -0.1) is 0 Å². The van der Waals surface area contributed by atoms with Gasteiger partial charge in [-0.1, -0.05) is 11.6 Å². The van der Waals surface area contributed by atoms with Gasteiger partial charge in [0.05, 0.1) is 36.1 Å². The number of anilines is 1. The van der Waals surface area contributed by atoms with Crippen LogP contribution >= 0.6 is 11.6 Å². The largest absolute Gasteiger partial charge is 0.497 e.